The van der Waals surface area contributed by atoms with Crippen molar-refractivity contribution < 1.29 is 4.79 Å². The van der Waals surface area contributed by atoms with Gasteiger partial charge >= 0.3 is 0 Å². The van der Waals surface area contributed by atoms with E-state index in [9.17, 15) is 4.79 Å². The first-order valence-corrected chi connectivity index (χ1v) is 6.05. The quantitative estimate of drug-likeness (QED) is 0.810. The van der Waals surface area contributed by atoms with Crippen LogP contribution in [0.3, 0.4) is 0 Å². The summed E-state index contributed by atoms with van der Waals surface area (Å²) < 4.78 is 2.39. The number of ketones is 1. The largest absolute Gasteiger partial charge is 0.287 e. The van der Waals surface area contributed by atoms with Crippen LogP contribution in [0.4, 0.5) is 0 Å². The van der Waals surface area contributed by atoms with Gasteiger partial charge in [0.1, 0.15) is 5.69 Å². The number of rotatable bonds is 4. The highest BCUT2D eigenvalue weighted by molar-refractivity contribution is 9.10. The Kier molecular flexibility index (Phi) is 3.63. The minimum Gasteiger partial charge on any atom is -0.287 e. The lowest BCUT2D eigenvalue weighted by Gasteiger charge is -2.03. The zero-order valence-electron chi connectivity index (χ0n) is 9.30. The highest BCUT2D eigenvalue weighted by Gasteiger charge is 2.15. The van der Waals surface area contributed by atoms with Crippen molar-refractivity contribution in [3.8, 4) is 0 Å². The minimum atomic E-state index is -0.114. The topological polar surface area (TPSA) is 60.7 Å². The van der Waals surface area contributed by atoms with Gasteiger partial charge in [0.05, 0.1) is 6.20 Å². The van der Waals surface area contributed by atoms with Gasteiger partial charge in [-0.3, -0.25) is 9.78 Å². The molecule has 0 radical (unpaired) electrons. The van der Waals surface area contributed by atoms with Gasteiger partial charge in [0.15, 0.2) is 0 Å². The van der Waals surface area contributed by atoms with Crippen molar-refractivity contribution in [1.29, 1.82) is 0 Å². The number of aromatic nitrogens is 4. The van der Waals surface area contributed by atoms with Crippen LogP contribution in [0.15, 0.2) is 29.1 Å². The maximum Gasteiger partial charge on any atom is 0.214 e. The average molecular weight is 295 g/mol. The summed E-state index contributed by atoms with van der Waals surface area (Å²) in [4.78, 5) is 16.2. The van der Waals surface area contributed by atoms with Gasteiger partial charge in [0.25, 0.3) is 0 Å². The van der Waals surface area contributed by atoms with E-state index in [0.29, 0.717) is 17.8 Å². The summed E-state index contributed by atoms with van der Waals surface area (Å²) in [6.07, 6.45) is 5.56. The Morgan fingerprint density at radius 3 is 2.94 bits per heavy atom. The number of aryl methyl sites for hydroxylation is 1. The molecule has 0 saturated heterocycles. The highest BCUT2D eigenvalue weighted by Crippen LogP contribution is 2.13. The molecule has 2 heterocycles. The molecule has 0 aromatic carbocycles. The lowest BCUT2D eigenvalue weighted by atomic mass is 10.1. The Morgan fingerprint density at radius 2 is 2.24 bits per heavy atom. The number of pyridine rings is 1. The van der Waals surface area contributed by atoms with Gasteiger partial charge in [-0.05, 0) is 28.4 Å². The average Bonchev–Trinajstić information content (AvgIpc) is 2.77. The molecule has 0 aliphatic heterocycles. The van der Waals surface area contributed by atoms with Crippen LogP contribution in [0.25, 0.3) is 0 Å². The van der Waals surface area contributed by atoms with E-state index in [-0.39, 0.29) is 5.78 Å². The number of hydrogen-bond donors (Lipinski definition) is 0. The maximum absolute atomic E-state index is 12.2. The molecular weight excluding hydrogens is 284 g/mol. The van der Waals surface area contributed by atoms with Crippen LogP contribution < -0.4 is 0 Å². The van der Waals surface area contributed by atoms with Crippen molar-refractivity contribution in [2.75, 3.05) is 0 Å². The molecule has 6 heteroatoms. The third-order valence-corrected chi connectivity index (χ3v) is 2.69. The molecule has 2 aromatic heterocycles. The summed E-state index contributed by atoms with van der Waals surface area (Å²) in [5.74, 6) is -0.114. The number of halogens is 1. The van der Waals surface area contributed by atoms with Gasteiger partial charge < -0.3 is 0 Å². The molecule has 88 valence electrons. The van der Waals surface area contributed by atoms with Gasteiger partial charge in [-0.1, -0.05) is 12.1 Å². The van der Waals surface area contributed by atoms with E-state index in [1.807, 2.05) is 6.92 Å². The summed E-state index contributed by atoms with van der Waals surface area (Å²) in [7, 11) is 0. The van der Waals surface area contributed by atoms with Crippen molar-refractivity contribution in [2.45, 2.75) is 19.9 Å². The zero-order valence-corrected chi connectivity index (χ0v) is 10.9. The molecule has 0 aliphatic rings. The van der Waals surface area contributed by atoms with E-state index < -0.39 is 0 Å². The molecule has 0 bridgehead atoms. The second-order valence-corrected chi connectivity index (χ2v) is 4.48. The third kappa shape index (κ3) is 2.58. The Balaban J connectivity index is 2.33. The van der Waals surface area contributed by atoms with E-state index >= 15 is 0 Å². The molecule has 0 unspecified atom stereocenters. The van der Waals surface area contributed by atoms with Gasteiger partial charge in [0.2, 0.25) is 5.78 Å². The van der Waals surface area contributed by atoms with Crippen LogP contribution in [0, 0.1) is 0 Å². The fraction of sp³-hybridized carbons (Fsp3) is 0.273. The van der Waals surface area contributed by atoms with E-state index in [1.54, 1.807) is 16.9 Å². The van der Waals surface area contributed by atoms with Crippen molar-refractivity contribution in [2.24, 2.45) is 0 Å². The fourth-order valence-electron chi connectivity index (χ4n) is 1.49. The van der Waals surface area contributed by atoms with Crippen LogP contribution in [0.1, 0.15) is 29.4 Å². The van der Waals surface area contributed by atoms with Gasteiger partial charge in [0, 0.05) is 29.0 Å². The molecule has 0 N–H and O–H groups in total. The second kappa shape index (κ2) is 5.18. The molecule has 2 rings (SSSR count). The molecule has 2 aromatic rings. The van der Waals surface area contributed by atoms with E-state index in [4.69, 9.17) is 0 Å². The Morgan fingerprint density at radius 1 is 1.41 bits per heavy atom. The Hall–Kier alpha value is -1.56. The first-order valence-electron chi connectivity index (χ1n) is 5.26. The van der Waals surface area contributed by atoms with Crippen molar-refractivity contribution in [3.05, 3.63) is 40.4 Å². The molecule has 0 saturated carbocycles. The SMILES string of the molecule is CCCn1nncc1C(=O)c1cncc(Br)c1. The van der Waals surface area contributed by atoms with Crippen LogP contribution in [0.5, 0.6) is 0 Å². The zero-order chi connectivity index (χ0) is 12.3. The first kappa shape index (κ1) is 11.9. The highest BCUT2D eigenvalue weighted by atomic mass is 79.9. The lowest BCUT2D eigenvalue weighted by Crippen LogP contribution is -2.11. The molecule has 0 atom stereocenters. The van der Waals surface area contributed by atoms with Crippen molar-refractivity contribution >= 4 is 21.7 Å². The standard InChI is InChI=1S/C11H11BrN4O/c1-2-3-16-10(7-14-15-16)11(17)8-4-9(12)6-13-5-8/h4-7H,2-3H2,1H3. The second-order valence-electron chi connectivity index (χ2n) is 3.56. The van der Waals surface area contributed by atoms with E-state index in [1.165, 1.54) is 12.4 Å². The number of nitrogens with zero attached hydrogens (tertiary/aromatic N) is 4. The Bertz CT molecular complexity index is 538. The predicted molar refractivity (Wildman–Crippen MR) is 65.7 cm³/mol. The monoisotopic (exact) mass is 294 g/mol. The van der Waals surface area contributed by atoms with Gasteiger partial charge in [-0.15, -0.1) is 5.10 Å². The molecule has 17 heavy (non-hydrogen) atoms. The molecule has 5 nitrogen and oxygen atoms in total. The number of hydrogen-bond acceptors (Lipinski definition) is 4. The fourth-order valence-corrected chi connectivity index (χ4v) is 1.86. The van der Waals surface area contributed by atoms with Crippen LogP contribution in [0.2, 0.25) is 0 Å². The summed E-state index contributed by atoms with van der Waals surface area (Å²) in [5, 5.41) is 7.66. The molecule has 0 spiro atoms. The molecule has 0 amide bonds. The lowest BCUT2D eigenvalue weighted by molar-refractivity contribution is 0.102. The summed E-state index contributed by atoms with van der Waals surface area (Å²) in [5.41, 5.74) is 1.02. The van der Waals surface area contributed by atoms with Gasteiger partial charge in [-0.2, -0.15) is 0 Å². The smallest absolute Gasteiger partial charge is 0.214 e. The third-order valence-electron chi connectivity index (χ3n) is 2.25. The normalized spacial score (nSPS) is 10.5. The summed E-state index contributed by atoms with van der Waals surface area (Å²) in [6, 6.07) is 1.73. The molecule has 0 aliphatic carbocycles. The maximum atomic E-state index is 12.2. The minimum absolute atomic E-state index is 0.114. The predicted octanol–water partition coefficient (Wildman–Crippen LogP) is 2.08. The Labute approximate surface area is 107 Å². The van der Waals surface area contributed by atoms with Crippen LogP contribution in [-0.2, 0) is 6.54 Å². The molecular formula is C11H11BrN4O. The van der Waals surface area contributed by atoms with Gasteiger partial charge in [-0.25, -0.2) is 4.68 Å². The van der Waals surface area contributed by atoms with Crippen LogP contribution in [-0.4, -0.2) is 25.8 Å². The summed E-state index contributed by atoms with van der Waals surface area (Å²) in [6.45, 7) is 2.71. The first-order chi connectivity index (χ1) is 8.22. The number of carbonyl (C=O) groups excluding carboxylic acids is 1. The van der Waals surface area contributed by atoms with E-state index in [2.05, 4.69) is 31.2 Å². The van der Waals surface area contributed by atoms with Crippen molar-refractivity contribution in [3.63, 3.8) is 0 Å². The van der Waals surface area contributed by atoms with Crippen molar-refractivity contribution in [1.82, 2.24) is 20.0 Å². The number of carbonyl (C=O) groups is 1. The van der Waals surface area contributed by atoms with E-state index in [0.717, 1.165) is 10.9 Å². The van der Waals surface area contributed by atoms with Crippen LogP contribution >= 0.6 is 15.9 Å². The molecule has 0 fully saturated rings. The summed E-state index contributed by atoms with van der Waals surface area (Å²) >= 11 is 3.29.